The Morgan fingerprint density at radius 3 is 2.40 bits per heavy atom. The van der Waals surface area contributed by atoms with E-state index in [1.165, 1.54) is 6.08 Å². The van der Waals surface area contributed by atoms with Crippen LogP contribution in [0.1, 0.15) is 15.9 Å². The molecule has 2 rings (SSSR count). The number of piperazine rings is 1. The molecule has 5 heteroatoms. The molecule has 0 N–H and O–H groups in total. The summed E-state index contributed by atoms with van der Waals surface area (Å²) >= 11 is 0. The number of halogens is 2. The molecule has 20 heavy (non-hydrogen) atoms. The van der Waals surface area contributed by atoms with Gasteiger partial charge in [0.2, 0.25) is 0 Å². The molecule has 1 aliphatic heterocycles. The molecule has 0 aromatic heterocycles. The van der Waals surface area contributed by atoms with Crippen LogP contribution in [0.15, 0.2) is 36.9 Å². The Labute approximate surface area is 133 Å². The third kappa shape index (κ3) is 4.91. The highest BCUT2D eigenvalue weighted by molar-refractivity contribution is 6.05. The van der Waals surface area contributed by atoms with Crippen molar-refractivity contribution >= 4 is 30.6 Å². The summed E-state index contributed by atoms with van der Waals surface area (Å²) in [4.78, 5) is 16.5. The summed E-state index contributed by atoms with van der Waals surface area (Å²) in [6.45, 7) is 8.73. The normalized spacial score (nSPS) is 15.8. The molecule has 0 amide bonds. The molecule has 0 unspecified atom stereocenters. The van der Waals surface area contributed by atoms with E-state index in [1.807, 2.05) is 24.3 Å². The summed E-state index contributed by atoms with van der Waals surface area (Å²) in [5.74, 6) is 0.0136. The van der Waals surface area contributed by atoms with E-state index >= 15 is 0 Å². The molecule has 1 aliphatic rings. The monoisotopic (exact) mass is 316 g/mol. The van der Waals surface area contributed by atoms with Crippen molar-refractivity contribution in [2.24, 2.45) is 0 Å². The minimum absolute atomic E-state index is 0. The molecule has 1 saturated heterocycles. The first-order valence-corrected chi connectivity index (χ1v) is 6.36. The zero-order chi connectivity index (χ0) is 13.0. The topological polar surface area (TPSA) is 23.6 Å². The molecule has 0 aliphatic carbocycles. The zero-order valence-electron chi connectivity index (χ0n) is 11.7. The molecular weight excluding hydrogens is 295 g/mol. The number of hydrogen-bond donors (Lipinski definition) is 0. The summed E-state index contributed by atoms with van der Waals surface area (Å²) in [7, 11) is 2.15. The third-order valence-electron chi connectivity index (χ3n) is 3.46. The number of rotatable bonds is 4. The molecule has 1 aromatic rings. The number of allylic oxidation sites excluding steroid dienone is 1. The molecule has 3 nitrogen and oxygen atoms in total. The number of carbonyl (C=O) groups is 1. The smallest absolute Gasteiger partial charge is 0.185 e. The lowest BCUT2D eigenvalue weighted by atomic mass is 10.0. The summed E-state index contributed by atoms with van der Waals surface area (Å²) in [5, 5.41) is 0. The minimum Gasteiger partial charge on any atom is -0.304 e. The van der Waals surface area contributed by atoms with Gasteiger partial charge in [-0.2, -0.15) is 0 Å². The van der Waals surface area contributed by atoms with Gasteiger partial charge in [0.15, 0.2) is 5.78 Å². The van der Waals surface area contributed by atoms with Gasteiger partial charge in [0.05, 0.1) is 0 Å². The van der Waals surface area contributed by atoms with Crippen LogP contribution in [0.4, 0.5) is 0 Å². The minimum atomic E-state index is 0. The van der Waals surface area contributed by atoms with E-state index in [2.05, 4.69) is 23.4 Å². The number of benzene rings is 1. The van der Waals surface area contributed by atoms with Gasteiger partial charge in [-0.1, -0.05) is 30.8 Å². The van der Waals surface area contributed by atoms with Crippen LogP contribution >= 0.6 is 24.8 Å². The van der Waals surface area contributed by atoms with E-state index in [4.69, 9.17) is 0 Å². The first-order chi connectivity index (χ1) is 8.70. The average molecular weight is 317 g/mol. The number of carbonyl (C=O) groups excluding carboxylic acids is 1. The Hall–Kier alpha value is -0.870. The van der Waals surface area contributed by atoms with E-state index in [9.17, 15) is 4.79 Å². The van der Waals surface area contributed by atoms with Gasteiger partial charge < -0.3 is 4.90 Å². The highest BCUT2D eigenvalue weighted by Gasteiger charge is 2.16. The standard InChI is InChI=1S/C15H20N2O.2ClH/c1-3-15(18)14-7-5-4-6-13(14)12-17-10-8-16(2)9-11-17;;/h3-7H,1,8-12H2,2H3;2*1H. The maximum absolute atomic E-state index is 11.8. The van der Waals surface area contributed by atoms with E-state index in [0.29, 0.717) is 0 Å². The molecule has 0 saturated carbocycles. The quantitative estimate of drug-likeness (QED) is 0.630. The van der Waals surface area contributed by atoms with Crippen LogP contribution < -0.4 is 0 Å². The maximum atomic E-state index is 11.8. The van der Waals surface area contributed by atoms with Crippen LogP contribution in [-0.4, -0.2) is 48.8 Å². The second kappa shape index (κ2) is 9.14. The van der Waals surface area contributed by atoms with Gasteiger partial charge in [-0.15, -0.1) is 24.8 Å². The molecule has 0 bridgehead atoms. The lowest BCUT2D eigenvalue weighted by Gasteiger charge is -2.32. The Bertz CT molecular complexity index is 443. The SMILES string of the molecule is C=CC(=O)c1ccccc1CN1CCN(C)CC1.Cl.Cl. The van der Waals surface area contributed by atoms with Crippen LogP contribution in [-0.2, 0) is 6.54 Å². The first-order valence-electron chi connectivity index (χ1n) is 6.36. The van der Waals surface area contributed by atoms with E-state index in [1.54, 1.807) is 0 Å². The molecule has 0 radical (unpaired) electrons. The second-order valence-electron chi connectivity index (χ2n) is 4.80. The van der Waals surface area contributed by atoms with Crippen molar-refractivity contribution in [3.8, 4) is 0 Å². The average Bonchev–Trinajstić information content (AvgIpc) is 2.41. The lowest BCUT2D eigenvalue weighted by Crippen LogP contribution is -2.44. The fraction of sp³-hybridized carbons (Fsp3) is 0.400. The molecule has 1 heterocycles. The molecule has 1 fully saturated rings. The van der Waals surface area contributed by atoms with Gasteiger partial charge in [-0.25, -0.2) is 0 Å². The number of likely N-dealkylation sites (N-methyl/N-ethyl adjacent to an activating group) is 1. The Kier molecular flexibility index (Phi) is 8.74. The predicted molar refractivity (Wildman–Crippen MR) is 88.2 cm³/mol. The van der Waals surface area contributed by atoms with E-state index in [-0.39, 0.29) is 30.6 Å². The first kappa shape index (κ1) is 19.1. The maximum Gasteiger partial charge on any atom is 0.185 e. The van der Waals surface area contributed by atoms with Crippen LogP contribution in [0.3, 0.4) is 0 Å². The van der Waals surface area contributed by atoms with Crippen molar-refractivity contribution in [3.63, 3.8) is 0 Å². The molecule has 0 spiro atoms. The van der Waals surface area contributed by atoms with Gasteiger partial charge in [-0.3, -0.25) is 9.69 Å². The molecule has 112 valence electrons. The summed E-state index contributed by atoms with van der Waals surface area (Å²) in [6, 6.07) is 7.82. The Morgan fingerprint density at radius 1 is 1.20 bits per heavy atom. The fourth-order valence-electron chi connectivity index (χ4n) is 2.26. The highest BCUT2D eigenvalue weighted by Crippen LogP contribution is 2.14. The molecular formula is C15H22Cl2N2O. The number of ketones is 1. The van der Waals surface area contributed by atoms with Gasteiger partial charge in [0, 0.05) is 38.3 Å². The van der Waals surface area contributed by atoms with Gasteiger partial charge in [0.25, 0.3) is 0 Å². The number of hydrogen-bond acceptors (Lipinski definition) is 3. The van der Waals surface area contributed by atoms with Crippen LogP contribution in [0.5, 0.6) is 0 Å². The summed E-state index contributed by atoms with van der Waals surface area (Å²) < 4.78 is 0. The van der Waals surface area contributed by atoms with Crippen molar-refractivity contribution < 1.29 is 4.79 Å². The Balaban J connectivity index is 0.00000180. The summed E-state index contributed by atoms with van der Waals surface area (Å²) in [5.41, 5.74) is 1.89. The van der Waals surface area contributed by atoms with Crippen molar-refractivity contribution in [1.82, 2.24) is 9.80 Å². The molecule has 0 atom stereocenters. The largest absolute Gasteiger partial charge is 0.304 e. The van der Waals surface area contributed by atoms with Gasteiger partial charge in [0.1, 0.15) is 0 Å². The summed E-state index contributed by atoms with van der Waals surface area (Å²) in [6.07, 6.45) is 1.39. The van der Waals surface area contributed by atoms with E-state index in [0.717, 1.165) is 43.9 Å². The Morgan fingerprint density at radius 2 is 1.80 bits per heavy atom. The van der Waals surface area contributed by atoms with Crippen molar-refractivity contribution in [1.29, 1.82) is 0 Å². The van der Waals surface area contributed by atoms with Crippen molar-refractivity contribution in [3.05, 3.63) is 48.0 Å². The van der Waals surface area contributed by atoms with Gasteiger partial charge >= 0.3 is 0 Å². The van der Waals surface area contributed by atoms with Gasteiger partial charge in [-0.05, 0) is 18.7 Å². The van der Waals surface area contributed by atoms with Crippen molar-refractivity contribution in [2.75, 3.05) is 33.2 Å². The van der Waals surface area contributed by atoms with Crippen LogP contribution in [0.2, 0.25) is 0 Å². The van der Waals surface area contributed by atoms with Crippen molar-refractivity contribution in [2.45, 2.75) is 6.54 Å². The van der Waals surface area contributed by atoms with Crippen LogP contribution in [0, 0.1) is 0 Å². The third-order valence-corrected chi connectivity index (χ3v) is 3.46. The molecule has 1 aromatic carbocycles. The number of nitrogens with zero attached hydrogens (tertiary/aromatic N) is 2. The second-order valence-corrected chi connectivity index (χ2v) is 4.80. The van der Waals surface area contributed by atoms with Crippen LogP contribution in [0.25, 0.3) is 0 Å². The zero-order valence-corrected chi connectivity index (χ0v) is 13.4. The van der Waals surface area contributed by atoms with E-state index < -0.39 is 0 Å². The highest BCUT2D eigenvalue weighted by atomic mass is 35.5. The predicted octanol–water partition coefficient (Wildman–Crippen LogP) is 2.65. The fourth-order valence-corrected chi connectivity index (χ4v) is 2.26. The lowest BCUT2D eigenvalue weighted by molar-refractivity contribution is 0.104.